The van der Waals surface area contributed by atoms with Crippen molar-refractivity contribution in [3.63, 3.8) is 0 Å². The first-order chi connectivity index (χ1) is 11.9. The summed E-state index contributed by atoms with van der Waals surface area (Å²) in [5, 5.41) is 3.34. The summed E-state index contributed by atoms with van der Waals surface area (Å²) in [4.78, 5) is 11.4. The Morgan fingerprint density at radius 2 is 1.88 bits per heavy atom. The first-order valence-corrected chi connectivity index (χ1v) is 9.80. The highest BCUT2D eigenvalue weighted by Gasteiger charge is 2.35. The first kappa shape index (κ1) is 20.0. The largest absolute Gasteiger partial charge is 0.384 e. The van der Waals surface area contributed by atoms with Gasteiger partial charge in [-0.2, -0.15) is 0 Å². The molecule has 1 aliphatic rings. The number of primary amides is 1. The van der Waals surface area contributed by atoms with Crippen molar-refractivity contribution >= 4 is 23.5 Å². The van der Waals surface area contributed by atoms with Gasteiger partial charge in [0.1, 0.15) is 0 Å². The third-order valence-electron chi connectivity index (χ3n) is 4.90. The Hall–Kier alpha value is -1.28. The lowest BCUT2D eigenvalue weighted by atomic mass is 9.89. The SMILES string of the molecule is Cc1cc(NCCN)cc(C)c1CCSN1CCC(N)(C(N)=O)CC1. The van der Waals surface area contributed by atoms with E-state index in [2.05, 4.69) is 35.6 Å². The molecule has 25 heavy (non-hydrogen) atoms. The van der Waals surface area contributed by atoms with Gasteiger partial charge in [0.15, 0.2) is 0 Å². The number of rotatable bonds is 8. The Morgan fingerprint density at radius 1 is 1.28 bits per heavy atom. The molecule has 0 spiro atoms. The van der Waals surface area contributed by atoms with Gasteiger partial charge in [-0.3, -0.25) is 9.10 Å². The van der Waals surface area contributed by atoms with Gasteiger partial charge >= 0.3 is 0 Å². The second-order valence-electron chi connectivity index (χ2n) is 6.84. The first-order valence-electron chi connectivity index (χ1n) is 8.86. The summed E-state index contributed by atoms with van der Waals surface area (Å²) < 4.78 is 2.30. The highest BCUT2D eigenvalue weighted by Crippen LogP contribution is 2.26. The summed E-state index contributed by atoms with van der Waals surface area (Å²) >= 11 is 1.83. The smallest absolute Gasteiger partial charge is 0.237 e. The lowest BCUT2D eigenvalue weighted by Crippen LogP contribution is -2.57. The molecule has 0 aromatic heterocycles. The van der Waals surface area contributed by atoms with Crippen molar-refractivity contribution in [3.8, 4) is 0 Å². The van der Waals surface area contributed by atoms with Crippen molar-refractivity contribution < 1.29 is 4.79 Å². The van der Waals surface area contributed by atoms with Gasteiger partial charge < -0.3 is 22.5 Å². The maximum absolute atomic E-state index is 11.4. The van der Waals surface area contributed by atoms with Crippen molar-refractivity contribution in [1.29, 1.82) is 0 Å². The zero-order valence-electron chi connectivity index (χ0n) is 15.3. The van der Waals surface area contributed by atoms with Crippen LogP contribution in [0.1, 0.15) is 29.5 Å². The Bertz CT molecular complexity index is 576. The number of piperidine rings is 1. The van der Waals surface area contributed by atoms with Gasteiger partial charge in [-0.05, 0) is 61.9 Å². The number of nitrogens with two attached hydrogens (primary N) is 3. The van der Waals surface area contributed by atoms with E-state index in [-0.39, 0.29) is 5.91 Å². The number of anilines is 1. The van der Waals surface area contributed by atoms with Crippen molar-refractivity contribution in [2.24, 2.45) is 17.2 Å². The lowest BCUT2D eigenvalue weighted by Gasteiger charge is -2.36. The van der Waals surface area contributed by atoms with Crippen LogP contribution in [0.5, 0.6) is 0 Å². The summed E-state index contributed by atoms with van der Waals surface area (Å²) in [6, 6.07) is 4.39. The van der Waals surface area contributed by atoms with E-state index >= 15 is 0 Å². The number of amides is 1. The summed E-state index contributed by atoms with van der Waals surface area (Å²) in [5.41, 5.74) is 21.3. The predicted molar refractivity (Wildman–Crippen MR) is 107 cm³/mol. The number of carbonyl (C=O) groups is 1. The van der Waals surface area contributed by atoms with Crippen molar-refractivity contribution in [1.82, 2.24) is 4.31 Å². The topological polar surface area (TPSA) is 110 Å². The maximum atomic E-state index is 11.4. The average molecular weight is 366 g/mol. The molecule has 1 amide bonds. The molecule has 7 heteroatoms. The van der Waals surface area contributed by atoms with E-state index in [9.17, 15) is 4.79 Å². The van der Waals surface area contributed by atoms with Gasteiger partial charge in [0.05, 0.1) is 5.54 Å². The van der Waals surface area contributed by atoms with Crippen LogP contribution >= 0.6 is 11.9 Å². The molecule has 7 N–H and O–H groups in total. The van der Waals surface area contributed by atoms with E-state index in [1.54, 1.807) is 0 Å². The Balaban J connectivity index is 1.83. The second kappa shape index (κ2) is 8.89. The molecule has 0 saturated carbocycles. The third kappa shape index (κ3) is 5.34. The van der Waals surface area contributed by atoms with Crippen LogP contribution in [-0.2, 0) is 11.2 Å². The van der Waals surface area contributed by atoms with Gasteiger partial charge in [0, 0.05) is 37.6 Å². The molecule has 0 aliphatic carbocycles. The van der Waals surface area contributed by atoms with Gasteiger partial charge in [-0.1, -0.05) is 11.9 Å². The van der Waals surface area contributed by atoms with Crippen LogP contribution in [0.15, 0.2) is 12.1 Å². The summed E-state index contributed by atoms with van der Waals surface area (Å²) in [7, 11) is 0. The number of hydrogen-bond donors (Lipinski definition) is 4. The van der Waals surface area contributed by atoms with Crippen LogP contribution in [0.2, 0.25) is 0 Å². The van der Waals surface area contributed by atoms with E-state index in [1.807, 2.05) is 11.9 Å². The van der Waals surface area contributed by atoms with E-state index < -0.39 is 5.54 Å². The Labute approximate surface area is 155 Å². The van der Waals surface area contributed by atoms with Crippen molar-refractivity contribution in [2.45, 2.75) is 38.6 Å². The van der Waals surface area contributed by atoms with E-state index in [4.69, 9.17) is 17.2 Å². The normalized spacial score (nSPS) is 17.4. The molecule has 1 aromatic rings. The number of hydrogen-bond acceptors (Lipinski definition) is 6. The predicted octanol–water partition coefficient (Wildman–Crippen LogP) is 1.14. The molecule has 0 unspecified atom stereocenters. The highest BCUT2D eigenvalue weighted by molar-refractivity contribution is 7.97. The molecule has 1 aliphatic heterocycles. The van der Waals surface area contributed by atoms with Gasteiger partial charge in [-0.25, -0.2) is 0 Å². The second-order valence-corrected chi connectivity index (χ2v) is 8.02. The Kier molecular flexibility index (Phi) is 7.13. The zero-order valence-corrected chi connectivity index (χ0v) is 16.1. The van der Waals surface area contributed by atoms with E-state index in [0.29, 0.717) is 19.4 Å². The molecular formula is C18H31N5OS. The molecule has 1 saturated heterocycles. The summed E-state index contributed by atoms with van der Waals surface area (Å²) in [6.45, 7) is 7.37. The van der Waals surface area contributed by atoms with Crippen LogP contribution in [-0.4, -0.2) is 47.7 Å². The molecule has 1 fully saturated rings. The number of carbonyl (C=O) groups excluding carboxylic acids is 1. The highest BCUT2D eigenvalue weighted by atomic mass is 32.2. The lowest BCUT2D eigenvalue weighted by molar-refractivity contribution is -0.124. The quantitative estimate of drug-likeness (QED) is 0.514. The third-order valence-corrected chi connectivity index (χ3v) is 6.02. The fraction of sp³-hybridized carbons (Fsp3) is 0.611. The summed E-state index contributed by atoms with van der Waals surface area (Å²) in [5.74, 6) is 0.637. The molecule has 140 valence electrons. The standard InChI is InChI=1S/C18H31N5OS/c1-13-11-15(22-7-6-19)12-14(2)16(13)3-10-25-23-8-4-18(21,5-9-23)17(20)24/h11-12,22H,3-10,19,21H2,1-2H3,(H2,20,24). The molecule has 0 radical (unpaired) electrons. The average Bonchev–Trinajstić information content (AvgIpc) is 2.57. The minimum absolute atomic E-state index is 0.383. The van der Waals surface area contributed by atoms with Crippen LogP contribution < -0.4 is 22.5 Å². The fourth-order valence-electron chi connectivity index (χ4n) is 3.24. The summed E-state index contributed by atoms with van der Waals surface area (Å²) in [6.07, 6.45) is 2.30. The van der Waals surface area contributed by atoms with E-state index in [1.165, 1.54) is 16.7 Å². The molecule has 1 aromatic carbocycles. The minimum atomic E-state index is -0.823. The van der Waals surface area contributed by atoms with Crippen molar-refractivity contribution in [3.05, 3.63) is 28.8 Å². The van der Waals surface area contributed by atoms with Crippen LogP contribution in [0.3, 0.4) is 0 Å². The number of benzene rings is 1. The van der Waals surface area contributed by atoms with Crippen LogP contribution in [0.25, 0.3) is 0 Å². The fourth-order valence-corrected chi connectivity index (χ4v) is 4.24. The Morgan fingerprint density at radius 3 is 2.40 bits per heavy atom. The molecular weight excluding hydrogens is 334 g/mol. The van der Waals surface area contributed by atoms with Gasteiger partial charge in [-0.15, -0.1) is 0 Å². The maximum Gasteiger partial charge on any atom is 0.237 e. The van der Waals surface area contributed by atoms with Crippen LogP contribution in [0.4, 0.5) is 5.69 Å². The van der Waals surface area contributed by atoms with Crippen molar-refractivity contribution in [2.75, 3.05) is 37.2 Å². The minimum Gasteiger partial charge on any atom is -0.384 e. The number of nitrogens with one attached hydrogen (secondary N) is 1. The molecule has 6 nitrogen and oxygen atoms in total. The van der Waals surface area contributed by atoms with E-state index in [0.717, 1.165) is 37.5 Å². The zero-order chi connectivity index (χ0) is 18.4. The molecule has 2 rings (SSSR count). The van der Waals surface area contributed by atoms with Crippen LogP contribution in [0, 0.1) is 13.8 Å². The molecule has 0 atom stereocenters. The number of nitrogens with zero attached hydrogens (tertiary/aromatic N) is 1. The molecule has 0 bridgehead atoms. The van der Waals surface area contributed by atoms with Gasteiger partial charge in [0.2, 0.25) is 5.91 Å². The van der Waals surface area contributed by atoms with Gasteiger partial charge in [0.25, 0.3) is 0 Å². The monoisotopic (exact) mass is 365 g/mol. The number of aryl methyl sites for hydroxylation is 2. The molecule has 1 heterocycles.